The molecular formula is C17H26N2O. The van der Waals surface area contributed by atoms with Gasteiger partial charge < -0.3 is 10.6 Å². The first kappa shape index (κ1) is 15.0. The topological polar surface area (TPSA) is 46.3 Å². The van der Waals surface area contributed by atoms with Gasteiger partial charge in [-0.15, -0.1) is 0 Å². The molecule has 1 unspecified atom stereocenters. The Bertz CT molecular complexity index is 424. The SMILES string of the molecule is CC(C)N(C(=O)CC(N)c1ccccc1)C1CCCC1. The van der Waals surface area contributed by atoms with Crippen molar-refractivity contribution in [2.45, 2.75) is 64.1 Å². The van der Waals surface area contributed by atoms with Crippen molar-refractivity contribution in [1.29, 1.82) is 0 Å². The lowest BCUT2D eigenvalue weighted by Gasteiger charge is -2.33. The van der Waals surface area contributed by atoms with Gasteiger partial charge in [-0.05, 0) is 32.3 Å². The number of carbonyl (C=O) groups excluding carboxylic acids is 1. The third-order valence-electron chi connectivity index (χ3n) is 4.18. The van der Waals surface area contributed by atoms with Crippen LogP contribution >= 0.6 is 0 Å². The molecule has 0 spiro atoms. The van der Waals surface area contributed by atoms with Crippen molar-refractivity contribution >= 4 is 5.91 Å². The largest absolute Gasteiger partial charge is 0.337 e. The fraction of sp³-hybridized carbons (Fsp3) is 0.588. The number of carbonyl (C=O) groups is 1. The van der Waals surface area contributed by atoms with Crippen LogP contribution in [0, 0.1) is 0 Å². The number of rotatable bonds is 5. The van der Waals surface area contributed by atoms with Crippen LogP contribution in [0.2, 0.25) is 0 Å². The van der Waals surface area contributed by atoms with E-state index in [1.54, 1.807) is 0 Å². The van der Waals surface area contributed by atoms with Crippen LogP contribution in [-0.2, 0) is 4.79 Å². The fourth-order valence-corrected chi connectivity index (χ4v) is 3.21. The summed E-state index contributed by atoms with van der Waals surface area (Å²) < 4.78 is 0. The van der Waals surface area contributed by atoms with Crippen molar-refractivity contribution in [3.8, 4) is 0 Å². The van der Waals surface area contributed by atoms with Crippen LogP contribution < -0.4 is 5.73 Å². The van der Waals surface area contributed by atoms with Crippen LogP contribution in [0.1, 0.15) is 57.6 Å². The zero-order valence-corrected chi connectivity index (χ0v) is 12.6. The summed E-state index contributed by atoms with van der Waals surface area (Å²) in [7, 11) is 0. The minimum Gasteiger partial charge on any atom is -0.337 e. The molecule has 1 aromatic carbocycles. The Balaban J connectivity index is 2.01. The van der Waals surface area contributed by atoms with Gasteiger partial charge in [-0.25, -0.2) is 0 Å². The number of hydrogen-bond acceptors (Lipinski definition) is 2. The highest BCUT2D eigenvalue weighted by Gasteiger charge is 2.29. The molecule has 1 aliphatic carbocycles. The molecule has 0 aliphatic heterocycles. The van der Waals surface area contributed by atoms with Crippen LogP contribution in [0.25, 0.3) is 0 Å². The molecule has 20 heavy (non-hydrogen) atoms. The van der Waals surface area contributed by atoms with E-state index in [4.69, 9.17) is 5.73 Å². The van der Waals surface area contributed by atoms with Crippen LogP contribution in [-0.4, -0.2) is 22.9 Å². The van der Waals surface area contributed by atoms with Gasteiger partial charge in [-0.1, -0.05) is 43.2 Å². The second-order valence-corrected chi connectivity index (χ2v) is 6.05. The Kier molecular flexibility index (Phi) is 5.18. The number of nitrogens with two attached hydrogens (primary N) is 1. The molecule has 110 valence electrons. The van der Waals surface area contributed by atoms with Crippen molar-refractivity contribution in [3.63, 3.8) is 0 Å². The average Bonchev–Trinajstić information content (AvgIpc) is 2.93. The predicted molar refractivity (Wildman–Crippen MR) is 82.2 cm³/mol. The van der Waals surface area contributed by atoms with E-state index in [0.29, 0.717) is 12.5 Å². The Labute approximate surface area is 122 Å². The number of nitrogens with zero attached hydrogens (tertiary/aromatic N) is 1. The summed E-state index contributed by atoms with van der Waals surface area (Å²) in [6, 6.07) is 10.4. The molecule has 1 saturated carbocycles. The molecule has 2 rings (SSSR count). The standard InChI is InChI=1S/C17H26N2O/c1-13(2)19(15-10-6-7-11-15)17(20)12-16(18)14-8-4-3-5-9-14/h3-5,8-9,13,15-16H,6-7,10-12,18H2,1-2H3. The molecule has 1 aromatic rings. The Morgan fingerprint density at radius 2 is 1.85 bits per heavy atom. The molecule has 3 nitrogen and oxygen atoms in total. The van der Waals surface area contributed by atoms with Gasteiger partial charge in [0.15, 0.2) is 0 Å². The summed E-state index contributed by atoms with van der Waals surface area (Å²) >= 11 is 0. The van der Waals surface area contributed by atoms with E-state index in [9.17, 15) is 4.79 Å². The van der Waals surface area contributed by atoms with Crippen molar-refractivity contribution in [3.05, 3.63) is 35.9 Å². The minimum absolute atomic E-state index is 0.197. The maximum Gasteiger partial charge on any atom is 0.224 e. The van der Waals surface area contributed by atoms with E-state index in [1.807, 2.05) is 30.3 Å². The average molecular weight is 274 g/mol. The monoisotopic (exact) mass is 274 g/mol. The highest BCUT2D eigenvalue weighted by atomic mass is 16.2. The van der Waals surface area contributed by atoms with Gasteiger partial charge in [0.25, 0.3) is 0 Å². The highest BCUT2D eigenvalue weighted by molar-refractivity contribution is 5.77. The molecule has 2 N–H and O–H groups in total. The molecule has 1 amide bonds. The van der Waals surface area contributed by atoms with Gasteiger partial charge in [0.05, 0.1) is 0 Å². The molecule has 0 bridgehead atoms. The molecule has 1 aliphatic rings. The maximum absolute atomic E-state index is 12.6. The lowest BCUT2D eigenvalue weighted by atomic mass is 10.0. The second-order valence-electron chi connectivity index (χ2n) is 6.05. The lowest BCUT2D eigenvalue weighted by molar-refractivity contribution is -0.135. The van der Waals surface area contributed by atoms with Crippen LogP contribution in [0.3, 0.4) is 0 Å². The zero-order chi connectivity index (χ0) is 14.5. The zero-order valence-electron chi connectivity index (χ0n) is 12.6. The third kappa shape index (κ3) is 3.60. The molecule has 0 radical (unpaired) electrons. The van der Waals surface area contributed by atoms with Gasteiger partial charge in [-0.3, -0.25) is 4.79 Å². The second kappa shape index (κ2) is 6.89. The Morgan fingerprint density at radius 3 is 2.40 bits per heavy atom. The summed E-state index contributed by atoms with van der Waals surface area (Å²) in [6.45, 7) is 4.20. The summed E-state index contributed by atoms with van der Waals surface area (Å²) in [5.41, 5.74) is 7.22. The quantitative estimate of drug-likeness (QED) is 0.896. The van der Waals surface area contributed by atoms with Crippen molar-refractivity contribution < 1.29 is 4.79 Å². The van der Waals surface area contributed by atoms with Gasteiger partial charge in [0.2, 0.25) is 5.91 Å². The van der Waals surface area contributed by atoms with Gasteiger partial charge in [0.1, 0.15) is 0 Å². The molecular weight excluding hydrogens is 248 g/mol. The van der Waals surface area contributed by atoms with E-state index in [2.05, 4.69) is 18.7 Å². The third-order valence-corrected chi connectivity index (χ3v) is 4.18. The number of benzene rings is 1. The van der Waals surface area contributed by atoms with Gasteiger partial charge >= 0.3 is 0 Å². The van der Waals surface area contributed by atoms with Crippen LogP contribution in [0.4, 0.5) is 0 Å². The van der Waals surface area contributed by atoms with Crippen LogP contribution in [0.5, 0.6) is 0 Å². The normalized spacial score (nSPS) is 17.4. The Hall–Kier alpha value is -1.35. The summed E-state index contributed by atoms with van der Waals surface area (Å²) in [6.07, 6.45) is 5.17. The summed E-state index contributed by atoms with van der Waals surface area (Å²) in [4.78, 5) is 14.7. The molecule has 0 saturated heterocycles. The van der Waals surface area contributed by atoms with Crippen molar-refractivity contribution in [2.75, 3.05) is 0 Å². The van der Waals surface area contributed by atoms with E-state index in [0.717, 1.165) is 18.4 Å². The molecule has 1 fully saturated rings. The van der Waals surface area contributed by atoms with E-state index >= 15 is 0 Å². The number of hydrogen-bond donors (Lipinski definition) is 1. The van der Waals surface area contributed by atoms with Crippen LogP contribution in [0.15, 0.2) is 30.3 Å². The molecule has 0 aromatic heterocycles. The maximum atomic E-state index is 12.6. The minimum atomic E-state index is -0.202. The fourth-order valence-electron chi connectivity index (χ4n) is 3.21. The highest BCUT2D eigenvalue weighted by Crippen LogP contribution is 2.27. The predicted octanol–water partition coefficient (Wildman–Crippen LogP) is 3.26. The van der Waals surface area contributed by atoms with Crippen molar-refractivity contribution in [2.24, 2.45) is 5.73 Å². The molecule has 0 heterocycles. The molecule has 3 heteroatoms. The smallest absolute Gasteiger partial charge is 0.224 e. The summed E-state index contributed by atoms with van der Waals surface area (Å²) in [5, 5.41) is 0. The van der Waals surface area contributed by atoms with E-state index in [-0.39, 0.29) is 18.0 Å². The first-order chi connectivity index (χ1) is 9.59. The van der Waals surface area contributed by atoms with Gasteiger partial charge in [0, 0.05) is 24.5 Å². The summed E-state index contributed by atoms with van der Waals surface area (Å²) in [5.74, 6) is 0.197. The lowest BCUT2D eigenvalue weighted by Crippen LogP contribution is -2.44. The first-order valence-corrected chi connectivity index (χ1v) is 7.71. The Morgan fingerprint density at radius 1 is 1.25 bits per heavy atom. The van der Waals surface area contributed by atoms with E-state index < -0.39 is 0 Å². The first-order valence-electron chi connectivity index (χ1n) is 7.71. The van der Waals surface area contributed by atoms with E-state index in [1.165, 1.54) is 12.8 Å². The van der Waals surface area contributed by atoms with Crippen molar-refractivity contribution in [1.82, 2.24) is 4.90 Å². The van der Waals surface area contributed by atoms with Gasteiger partial charge in [-0.2, -0.15) is 0 Å². The molecule has 1 atom stereocenters. The number of amides is 1.